The molecular weight excluding hydrogens is 347 g/mol. The van der Waals surface area contributed by atoms with Gasteiger partial charge in [0.15, 0.2) is 6.67 Å². The summed E-state index contributed by atoms with van der Waals surface area (Å²) in [6.07, 6.45) is -11.3. The molecule has 0 aliphatic rings. The molecule has 0 aliphatic carbocycles. The molecule has 0 bridgehead atoms. The lowest BCUT2D eigenvalue weighted by Crippen LogP contribution is -2.61. The Bertz CT molecular complexity index is 313. The third kappa shape index (κ3) is 5.39. The van der Waals surface area contributed by atoms with E-state index >= 15 is 0 Å². The molecule has 0 amide bonds. The van der Waals surface area contributed by atoms with Gasteiger partial charge in [-0.2, -0.15) is 52.7 Å². The number of halogens is 13. The molecule has 0 aliphatic heterocycles. The SMILES string of the molecule is FCC(F)(F)C(F)(F)C(F)(F)C(F)(F)F.OCC(F)(F)F. The van der Waals surface area contributed by atoms with Crippen molar-refractivity contribution < 1.29 is 62.2 Å². The van der Waals surface area contributed by atoms with Crippen LogP contribution in [-0.2, 0) is 0 Å². The Morgan fingerprint density at radius 2 is 0.905 bits per heavy atom. The van der Waals surface area contributed by atoms with Gasteiger partial charge in [-0.15, -0.1) is 0 Å². The minimum absolute atomic E-state index is 1.73. The summed E-state index contributed by atoms with van der Waals surface area (Å²) >= 11 is 0. The molecule has 0 unspecified atom stereocenters. The fourth-order valence-electron chi connectivity index (χ4n) is 0.492. The van der Waals surface area contributed by atoms with E-state index in [9.17, 15) is 57.1 Å². The first-order valence-electron chi connectivity index (χ1n) is 4.31. The fraction of sp³-hybridized carbons (Fsp3) is 1.00. The molecule has 0 saturated carbocycles. The molecule has 0 heterocycles. The van der Waals surface area contributed by atoms with E-state index in [1.165, 1.54) is 0 Å². The predicted molar refractivity (Wildman–Crippen MR) is 40.0 cm³/mol. The summed E-state index contributed by atoms with van der Waals surface area (Å²) < 4.78 is 148. The molecule has 14 heteroatoms. The first-order chi connectivity index (χ1) is 8.87. The van der Waals surface area contributed by atoms with Crippen molar-refractivity contribution in [2.75, 3.05) is 13.3 Å². The Balaban J connectivity index is 0. The molecular formula is C7H5F13O. The maximum Gasteiger partial charge on any atom is 0.460 e. The Morgan fingerprint density at radius 1 is 0.619 bits per heavy atom. The summed E-state index contributed by atoms with van der Waals surface area (Å²) in [6, 6.07) is 0. The second-order valence-corrected chi connectivity index (χ2v) is 3.26. The zero-order valence-electron chi connectivity index (χ0n) is 9.27. The predicted octanol–water partition coefficient (Wildman–Crippen LogP) is 3.97. The van der Waals surface area contributed by atoms with Gasteiger partial charge in [0, 0.05) is 0 Å². The van der Waals surface area contributed by atoms with E-state index in [2.05, 4.69) is 0 Å². The van der Waals surface area contributed by atoms with Gasteiger partial charge < -0.3 is 5.11 Å². The molecule has 0 saturated heterocycles. The lowest BCUT2D eigenvalue weighted by atomic mass is 10.1. The summed E-state index contributed by atoms with van der Waals surface area (Å²) in [5.41, 5.74) is 0. The Kier molecular flexibility index (Phi) is 6.85. The molecule has 0 fully saturated rings. The van der Waals surface area contributed by atoms with Crippen LogP contribution in [0.1, 0.15) is 0 Å². The average molecular weight is 352 g/mol. The molecule has 21 heavy (non-hydrogen) atoms. The van der Waals surface area contributed by atoms with Crippen LogP contribution in [0.25, 0.3) is 0 Å². The van der Waals surface area contributed by atoms with E-state index < -0.39 is 43.4 Å². The van der Waals surface area contributed by atoms with E-state index in [4.69, 9.17) is 5.11 Å². The number of hydrogen-bond donors (Lipinski definition) is 1. The number of alkyl halides is 13. The van der Waals surface area contributed by atoms with Crippen molar-refractivity contribution in [2.24, 2.45) is 0 Å². The number of aliphatic hydroxyl groups is 1. The van der Waals surface area contributed by atoms with Crippen molar-refractivity contribution in [3.63, 3.8) is 0 Å². The summed E-state index contributed by atoms with van der Waals surface area (Å²) in [7, 11) is 0. The molecule has 0 rings (SSSR count). The third-order valence-corrected chi connectivity index (χ3v) is 1.56. The van der Waals surface area contributed by atoms with Crippen molar-refractivity contribution in [1.29, 1.82) is 0 Å². The maximum atomic E-state index is 12.0. The summed E-state index contributed by atoms with van der Waals surface area (Å²) in [5.74, 6) is -19.9. The number of rotatable bonds is 3. The second kappa shape index (κ2) is 6.44. The van der Waals surface area contributed by atoms with Gasteiger partial charge >= 0.3 is 30.1 Å². The highest BCUT2D eigenvalue weighted by Crippen LogP contribution is 2.52. The zero-order chi connectivity index (χ0) is 17.9. The van der Waals surface area contributed by atoms with Gasteiger partial charge in [-0.1, -0.05) is 0 Å². The van der Waals surface area contributed by atoms with Gasteiger partial charge in [-0.25, -0.2) is 4.39 Å². The van der Waals surface area contributed by atoms with Crippen LogP contribution in [0.4, 0.5) is 57.1 Å². The molecule has 1 nitrogen and oxygen atoms in total. The highest BCUT2D eigenvalue weighted by atomic mass is 19.4. The molecule has 0 atom stereocenters. The van der Waals surface area contributed by atoms with E-state index in [-0.39, 0.29) is 0 Å². The van der Waals surface area contributed by atoms with Crippen LogP contribution < -0.4 is 0 Å². The summed E-state index contributed by atoms with van der Waals surface area (Å²) in [4.78, 5) is 0. The molecule has 0 aromatic heterocycles. The summed E-state index contributed by atoms with van der Waals surface area (Å²) in [5, 5.41) is 7.28. The number of aliphatic hydroxyl groups excluding tert-OH is 1. The first kappa shape index (κ1) is 22.3. The van der Waals surface area contributed by atoms with Crippen molar-refractivity contribution in [3.8, 4) is 0 Å². The second-order valence-electron chi connectivity index (χ2n) is 3.26. The third-order valence-electron chi connectivity index (χ3n) is 1.56. The van der Waals surface area contributed by atoms with Crippen LogP contribution in [0.3, 0.4) is 0 Å². The normalized spacial score (nSPS) is 14.6. The molecule has 0 aromatic rings. The standard InChI is InChI=1S/C5H2F10.C2H3F3O/c6-1-2(7,8)3(9,10)4(11,12)5(13,14)15;3-2(4,5)1-6/h1H2;6H,1H2. The van der Waals surface area contributed by atoms with Crippen LogP contribution in [0.2, 0.25) is 0 Å². The summed E-state index contributed by atoms with van der Waals surface area (Å²) in [6.45, 7) is -5.06. The monoisotopic (exact) mass is 352 g/mol. The smallest absolute Gasteiger partial charge is 0.387 e. The highest BCUT2D eigenvalue weighted by Gasteiger charge is 2.81. The molecule has 0 spiro atoms. The van der Waals surface area contributed by atoms with Crippen molar-refractivity contribution in [1.82, 2.24) is 0 Å². The van der Waals surface area contributed by atoms with Crippen LogP contribution in [0.15, 0.2) is 0 Å². The van der Waals surface area contributed by atoms with Crippen LogP contribution in [0, 0.1) is 0 Å². The lowest BCUT2D eigenvalue weighted by Gasteiger charge is -2.32. The average Bonchev–Trinajstić information content (AvgIpc) is 2.26. The minimum Gasteiger partial charge on any atom is -0.387 e. The quantitative estimate of drug-likeness (QED) is 0.763. The van der Waals surface area contributed by atoms with Crippen molar-refractivity contribution in [2.45, 2.75) is 30.1 Å². The Labute approximate surface area is 107 Å². The Morgan fingerprint density at radius 3 is 1.05 bits per heavy atom. The van der Waals surface area contributed by atoms with Gasteiger partial charge in [0.2, 0.25) is 0 Å². The molecule has 1 N–H and O–H groups in total. The first-order valence-corrected chi connectivity index (χ1v) is 4.31. The van der Waals surface area contributed by atoms with E-state index in [1.807, 2.05) is 0 Å². The van der Waals surface area contributed by atoms with Gasteiger partial charge in [0.05, 0.1) is 0 Å². The highest BCUT2D eigenvalue weighted by molar-refractivity contribution is 5.00. The van der Waals surface area contributed by atoms with E-state index in [0.29, 0.717) is 0 Å². The largest absolute Gasteiger partial charge is 0.460 e. The van der Waals surface area contributed by atoms with Gasteiger partial charge in [-0.3, -0.25) is 0 Å². The van der Waals surface area contributed by atoms with Crippen LogP contribution >= 0.6 is 0 Å². The van der Waals surface area contributed by atoms with Crippen LogP contribution in [0.5, 0.6) is 0 Å². The minimum atomic E-state index is -7.00. The Hall–Kier alpha value is -0.950. The molecule has 0 radical (unpaired) electrons. The van der Waals surface area contributed by atoms with Crippen molar-refractivity contribution in [3.05, 3.63) is 0 Å². The van der Waals surface area contributed by atoms with E-state index in [0.717, 1.165) is 0 Å². The topological polar surface area (TPSA) is 20.2 Å². The molecule has 0 aromatic carbocycles. The number of hydrogen-bond acceptors (Lipinski definition) is 1. The van der Waals surface area contributed by atoms with Crippen molar-refractivity contribution >= 4 is 0 Å². The van der Waals surface area contributed by atoms with Gasteiger partial charge in [0.1, 0.15) is 6.61 Å². The van der Waals surface area contributed by atoms with E-state index in [1.54, 1.807) is 0 Å². The fourth-order valence-corrected chi connectivity index (χ4v) is 0.492. The van der Waals surface area contributed by atoms with Crippen LogP contribution in [-0.4, -0.2) is 48.5 Å². The zero-order valence-corrected chi connectivity index (χ0v) is 9.27. The molecule has 130 valence electrons. The maximum absolute atomic E-state index is 12.0. The van der Waals surface area contributed by atoms with Gasteiger partial charge in [0.25, 0.3) is 0 Å². The van der Waals surface area contributed by atoms with Gasteiger partial charge in [-0.05, 0) is 0 Å². The lowest BCUT2D eigenvalue weighted by molar-refractivity contribution is -0.397.